The number of nitrogens with zero attached hydrogens (tertiary/aromatic N) is 3. The fourth-order valence-corrected chi connectivity index (χ4v) is 1.92. The molecule has 0 unspecified atom stereocenters. The normalized spacial score (nSPS) is 10.3. The van der Waals surface area contributed by atoms with Crippen molar-refractivity contribution >= 4 is 23.3 Å². The van der Waals surface area contributed by atoms with E-state index in [2.05, 4.69) is 20.6 Å². The van der Waals surface area contributed by atoms with E-state index >= 15 is 0 Å². The highest BCUT2D eigenvalue weighted by atomic mass is 35.5. The Balaban J connectivity index is 1.85. The largest absolute Gasteiger partial charge is 0.373 e. The summed E-state index contributed by atoms with van der Waals surface area (Å²) in [6.07, 6.45) is 7.66. The Morgan fingerprint density at radius 3 is 3.05 bits per heavy atom. The number of pyridine rings is 1. The molecule has 0 spiro atoms. The Hall–Kier alpha value is -2.08. The van der Waals surface area contributed by atoms with Crippen molar-refractivity contribution in [2.45, 2.75) is 13.0 Å². The number of halogens is 1. The van der Waals surface area contributed by atoms with Gasteiger partial charge in [0.1, 0.15) is 5.82 Å². The Morgan fingerprint density at radius 1 is 1.50 bits per heavy atom. The van der Waals surface area contributed by atoms with E-state index in [9.17, 15) is 4.79 Å². The van der Waals surface area contributed by atoms with Crippen LogP contribution >= 0.6 is 11.6 Å². The van der Waals surface area contributed by atoms with Crippen LogP contribution < -0.4 is 10.6 Å². The average Bonchev–Trinajstić information content (AvgIpc) is 2.97. The number of hydrogen-bond acceptors (Lipinski definition) is 4. The number of carbonyl (C=O) groups is 1. The minimum atomic E-state index is -0.195. The van der Waals surface area contributed by atoms with Gasteiger partial charge in [-0.15, -0.1) is 0 Å². The number of hydrogen-bond donors (Lipinski definition) is 2. The second-order valence-corrected chi connectivity index (χ2v) is 4.62. The third-order valence-electron chi connectivity index (χ3n) is 2.79. The lowest BCUT2D eigenvalue weighted by atomic mass is 10.2. The van der Waals surface area contributed by atoms with Crippen LogP contribution in [0.2, 0.25) is 5.02 Å². The maximum Gasteiger partial charge on any atom is 0.252 e. The quantitative estimate of drug-likeness (QED) is 0.797. The van der Waals surface area contributed by atoms with Crippen LogP contribution in [0.3, 0.4) is 0 Å². The van der Waals surface area contributed by atoms with Crippen molar-refractivity contribution in [3.63, 3.8) is 0 Å². The molecule has 2 N–H and O–H groups in total. The van der Waals surface area contributed by atoms with E-state index in [1.807, 2.05) is 10.8 Å². The zero-order chi connectivity index (χ0) is 14.4. The Kier molecular flexibility index (Phi) is 4.95. The Labute approximate surface area is 122 Å². The lowest BCUT2D eigenvalue weighted by Gasteiger charge is -2.08. The van der Waals surface area contributed by atoms with Crippen molar-refractivity contribution in [3.8, 4) is 0 Å². The van der Waals surface area contributed by atoms with Gasteiger partial charge in [-0.3, -0.25) is 4.79 Å². The summed E-state index contributed by atoms with van der Waals surface area (Å²) < 4.78 is 1.96. The molecule has 0 aromatic carbocycles. The van der Waals surface area contributed by atoms with E-state index < -0.39 is 0 Å². The van der Waals surface area contributed by atoms with Gasteiger partial charge >= 0.3 is 0 Å². The van der Waals surface area contributed by atoms with Gasteiger partial charge < -0.3 is 15.2 Å². The molecule has 7 heteroatoms. The summed E-state index contributed by atoms with van der Waals surface area (Å²) in [6, 6.07) is 1.63. The van der Waals surface area contributed by atoms with Crippen molar-refractivity contribution in [1.82, 2.24) is 19.9 Å². The van der Waals surface area contributed by atoms with Crippen molar-refractivity contribution in [2.75, 3.05) is 18.9 Å². The van der Waals surface area contributed by atoms with Crippen molar-refractivity contribution in [1.29, 1.82) is 0 Å². The predicted octanol–water partition coefficient (Wildman–Crippen LogP) is 1.79. The zero-order valence-electron chi connectivity index (χ0n) is 11.1. The topological polar surface area (TPSA) is 71.8 Å². The molecule has 0 fully saturated rings. The Morgan fingerprint density at radius 2 is 2.35 bits per heavy atom. The van der Waals surface area contributed by atoms with Crippen molar-refractivity contribution in [3.05, 3.63) is 41.6 Å². The Bertz CT molecular complexity index is 570. The van der Waals surface area contributed by atoms with Crippen LogP contribution in [0.4, 0.5) is 5.82 Å². The molecule has 2 aromatic rings. The van der Waals surface area contributed by atoms with E-state index in [0.717, 1.165) is 13.0 Å². The molecule has 0 aliphatic carbocycles. The maximum atomic E-state index is 12.0. The van der Waals surface area contributed by atoms with E-state index in [0.29, 0.717) is 22.9 Å². The first-order chi connectivity index (χ1) is 9.70. The summed E-state index contributed by atoms with van der Waals surface area (Å²) in [5.74, 6) is 0.414. The average molecular weight is 294 g/mol. The van der Waals surface area contributed by atoms with Gasteiger partial charge in [0.15, 0.2) is 0 Å². The van der Waals surface area contributed by atoms with Crippen LogP contribution in [0.1, 0.15) is 16.8 Å². The summed E-state index contributed by atoms with van der Waals surface area (Å²) in [4.78, 5) is 20.0. The molecular formula is C13H16ClN5O. The first kappa shape index (κ1) is 14.3. The lowest BCUT2D eigenvalue weighted by Crippen LogP contribution is -2.25. The molecule has 0 aliphatic heterocycles. The van der Waals surface area contributed by atoms with E-state index in [1.54, 1.807) is 25.6 Å². The molecule has 0 radical (unpaired) electrons. The second-order valence-electron chi connectivity index (χ2n) is 4.21. The monoisotopic (exact) mass is 293 g/mol. The van der Waals surface area contributed by atoms with Crippen LogP contribution in [-0.4, -0.2) is 34.0 Å². The SMILES string of the molecule is CNc1cc(C(=O)NCCCn2ccnc2)c(Cl)cn1. The first-order valence-corrected chi connectivity index (χ1v) is 6.65. The third-order valence-corrected chi connectivity index (χ3v) is 3.10. The van der Waals surface area contributed by atoms with Crippen LogP contribution in [0.25, 0.3) is 0 Å². The summed E-state index contributed by atoms with van der Waals surface area (Å²) >= 11 is 5.98. The molecule has 6 nitrogen and oxygen atoms in total. The predicted molar refractivity (Wildman–Crippen MR) is 78.0 cm³/mol. The number of carbonyl (C=O) groups excluding carboxylic acids is 1. The minimum absolute atomic E-state index is 0.195. The number of imidazole rings is 1. The van der Waals surface area contributed by atoms with Gasteiger partial charge in [0.2, 0.25) is 0 Å². The fourth-order valence-electron chi connectivity index (χ4n) is 1.73. The second kappa shape index (κ2) is 6.91. The number of aryl methyl sites for hydroxylation is 1. The molecule has 1 amide bonds. The summed E-state index contributed by atoms with van der Waals surface area (Å²) in [5, 5.41) is 6.06. The van der Waals surface area contributed by atoms with Gasteiger partial charge in [0.05, 0.1) is 16.9 Å². The standard InChI is InChI=1S/C13H16ClN5O/c1-15-12-7-10(11(14)8-18-12)13(20)17-3-2-5-19-6-4-16-9-19/h4,6-9H,2-3,5H2,1H3,(H,15,18)(H,17,20). The number of rotatable bonds is 6. The molecule has 2 heterocycles. The van der Waals surface area contributed by atoms with E-state index in [4.69, 9.17) is 11.6 Å². The highest BCUT2D eigenvalue weighted by Gasteiger charge is 2.11. The first-order valence-electron chi connectivity index (χ1n) is 6.28. The summed E-state index contributed by atoms with van der Waals surface area (Å²) in [5.41, 5.74) is 0.425. The van der Waals surface area contributed by atoms with Gasteiger partial charge in [0.25, 0.3) is 5.91 Å². The van der Waals surface area contributed by atoms with Gasteiger partial charge in [-0.2, -0.15) is 0 Å². The molecule has 0 saturated heterocycles. The van der Waals surface area contributed by atoms with E-state index in [-0.39, 0.29) is 5.91 Å². The number of amides is 1. The highest BCUT2D eigenvalue weighted by Crippen LogP contribution is 2.17. The van der Waals surface area contributed by atoms with Gasteiger partial charge in [-0.25, -0.2) is 9.97 Å². The third kappa shape index (κ3) is 3.71. The van der Waals surface area contributed by atoms with Crippen LogP contribution in [-0.2, 0) is 6.54 Å². The van der Waals surface area contributed by atoms with Crippen molar-refractivity contribution < 1.29 is 4.79 Å². The molecule has 106 valence electrons. The molecule has 2 rings (SSSR count). The summed E-state index contributed by atoms with van der Waals surface area (Å²) in [7, 11) is 1.74. The van der Waals surface area contributed by atoms with Crippen LogP contribution in [0.15, 0.2) is 31.0 Å². The van der Waals surface area contributed by atoms with Gasteiger partial charge in [0, 0.05) is 38.7 Å². The summed E-state index contributed by atoms with van der Waals surface area (Å²) in [6.45, 7) is 1.39. The van der Waals surface area contributed by atoms with Gasteiger partial charge in [-0.1, -0.05) is 11.6 Å². The zero-order valence-corrected chi connectivity index (χ0v) is 11.9. The number of aromatic nitrogens is 3. The molecule has 0 atom stereocenters. The molecule has 20 heavy (non-hydrogen) atoms. The highest BCUT2D eigenvalue weighted by molar-refractivity contribution is 6.33. The van der Waals surface area contributed by atoms with Crippen molar-refractivity contribution in [2.24, 2.45) is 0 Å². The fraction of sp³-hybridized carbons (Fsp3) is 0.308. The number of nitrogens with one attached hydrogen (secondary N) is 2. The molecule has 0 aliphatic rings. The van der Waals surface area contributed by atoms with Gasteiger partial charge in [-0.05, 0) is 12.5 Å². The smallest absolute Gasteiger partial charge is 0.252 e. The maximum absolute atomic E-state index is 12.0. The molecule has 0 bridgehead atoms. The lowest BCUT2D eigenvalue weighted by molar-refractivity contribution is 0.0953. The molecule has 2 aromatic heterocycles. The molecule has 0 saturated carbocycles. The van der Waals surface area contributed by atoms with Crippen LogP contribution in [0.5, 0.6) is 0 Å². The minimum Gasteiger partial charge on any atom is -0.373 e. The number of anilines is 1. The molecular weight excluding hydrogens is 278 g/mol. The van der Waals surface area contributed by atoms with E-state index in [1.165, 1.54) is 6.20 Å². The van der Waals surface area contributed by atoms with Crippen LogP contribution in [0, 0.1) is 0 Å².